The molecule has 2 aromatic carbocycles. The van der Waals surface area contributed by atoms with Crippen LogP contribution in [0, 0.1) is 0 Å². The highest BCUT2D eigenvalue weighted by Crippen LogP contribution is 2.49. The van der Waals surface area contributed by atoms with Crippen molar-refractivity contribution in [2.75, 3.05) is 13.1 Å². The van der Waals surface area contributed by atoms with Crippen molar-refractivity contribution in [2.24, 2.45) is 4.99 Å². The summed E-state index contributed by atoms with van der Waals surface area (Å²) in [4.78, 5) is 4.86. The molecule has 4 nitrogen and oxygen atoms in total. The standard InChI is InChI=1S/C20H22N2O2S/c23-25(24,17-7-2-1-3-8-17)20(13-11-19-21-14-15-22-19)12-10-16-6-4-5-9-18(16)20/h1-9H,10-15H2,(H,21,22). The number of aliphatic imine (C=N–C) groups is 1. The van der Waals surface area contributed by atoms with Gasteiger partial charge in [0.15, 0.2) is 9.84 Å². The van der Waals surface area contributed by atoms with E-state index in [1.165, 1.54) is 0 Å². The second kappa shape index (κ2) is 6.30. The van der Waals surface area contributed by atoms with Gasteiger partial charge in [-0.2, -0.15) is 0 Å². The fraction of sp³-hybridized carbons (Fsp3) is 0.350. The first-order valence-corrected chi connectivity index (χ1v) is 10.3. The molecule has 1 heterocycles. The quantitative estimate of drug-likeness (QED) is 0.898. The molecule has 25 heavy (non-hydrogen) atoms. The summed E-state index contributed by atoms with van der Waals surface area (Å²) in [6.45, 7) is 1.63. The van der Waals surface area contributed by atoms with E-state index in [9.17, 15) is 8.42 Å². The molecule has 0 spiro atoms. The smallest absolute Gasteiger partial charge is 0.188 e. The summed E-state index contributed by atoms with van der Waals surface area (Å²) in [5.74, 6) is 0.937. The Morgan fingerprint density at radius 3 is 2.56 bits per heavy atom. The van der Waals surface area contributed by atoms with Crippen molar-refractivity contribution in [2.45, 2.75) is 35.3 Å². The molecule has 0 radical (unpaired) electrons. The molecular weight excluding hydrogens is 332 g/mol. The van der Waals surface area contributed by atoms with Gasteiger partial charge in [-0.05, 0) is 42.5 Å². The summed E-state index contributed by atoms with van der Waals surface area (Å²) in [6, 6.07) is 16.9. The Labute approximate surface area is 148 Å². The van der Waals surface area contributed by atoms with Gasteiger partial charge >= 0.3 is 0 Å². The van der Waals surface area contributed by atoms with Crippen LogP contribution in [0.1, 0.15) is 30.4 Å². The highest BCUT2D eigenvalue weighted by Gasteiger charge is 2.49. The summed E-state index contributed by atoms with van der Waals surface area (Å²) in [6.07, 6.45) is 2.67. The van der Waals surface area contributed by atoms with Crippen LogP contribution in [-0.4, -0.2) is 27.3 Å². The van der Waals surface area contributed by atoms with Crippen LogP contribution < -0.4 is 5.32 Å². The van der Waals surface area contributed by atoms with E-state index in [0.29, 0.717) is 24.2 Å². The highest BCUT2D eigenvalue weighted by atomic mass is 32.2. The number of fused-ring (bicyclic) bond motifs is 1. The van der Waals surface area contributed by atoms with Crippen LogP contribution in [0.4, 0.5) is 0 Å². The predicted molar refractivity (Wildman–Crippen MR) is 99.6 cm³/mol. The molecule has 4 rings (SSSR count). The first kappa shape index (κ1) is 16.3. The van der Waals surface area contributed by atoms with Crippen molar-refractivity contribution >= 4 is 15.7 Å². The molecule has 1 atom stereocenters. The number of hydrogen-bond acceptors (Lipinski definition) is 4. The Bertz CT molecular complexity index is 906. The molecule has 2 aromatic rings. The fourth-order valence-corrected chi connectivity index (χ4v) is 6.28. The molecule has 0 aromatic heterocycles. The zero-order chi connectivity index (χ0) is 17.3. The van der Waals surface area contributed by atoms with Crippen LogP contribution in [0.15, 0.2) is 64.5 Å². The molecule has 1 N–H and O–H groups in total. The molecule has 1 unspecified atom stereocenters. The molecule has 0 saturated carbocycles. The van der Waals surface area contributed by atoms with Crippen molar-refractivity contribution in [3.05, 3.63) is 65.7 Å². The summed E-state index contributed by atoms with van der Waals surface area (Å²) in [7, 11) is -3.49. The normalized spacial score (nSPS) is 22.3. The largest absolute Gasteiger partial charge is 0.372 e. The van der Waals surface area contributed by atoms with E-state index >= 15 is 0 Å². The zero-order valence-electron chi connectivity index (χ0n) is 14.1. The Balaban J connectivity index is 1.80. The van der Waals surface area contributed by atoms with E-state index in [2.05, 4.69) is 16.4 Å². The van der Waals surface area contributed by atoms with Gasteiger partial charge in [0.2, 0.25) is 0 Å². The van der Waals surface area contributed by atoms with Crippen molar-refractivity contribution in [3.8, 4) is 0 Å². The zero-order valence-corrected chi connectivity index (χ0v) is 14.9. The number of benzene rings is 2. The summed E-state index contributed by atoms with van der Waals surface area (Å²) < 4.78 is 26.5. The third-order valence-corrected chi connectivity index (χ3v) is 7.93. The summed E-state index contributed by atoms with van der Waals surface area (Å²) in [5, 5.41) is 3.27. The molecule has 5 heteroatoms. The number of nitrogens with zero attached hydrogens (tertiary/aromatic N) is 1. The lowest BCUT2D eigenvalue weighted by atomic mass is 9.94. The lowest BCUT2D eigenvalue weighted by molar-refractivity contribution is 0.493. The Kier molecular flexibility index (Phi) is 4.12. The Morgan fingerprint density at radius 2 is 1.80 bits per heavy atom. The van der Waals surface area contributed by atoms with Gasteiger partial charge in [0.05, 0.1) is 17.3 Å². The first-order chi connectivity index (χ1) is 12.1. The molecular formula is C20H22N2O2S. The second-order valence-corrected chi connectivity index (χ2v) is 8.98. The van der Waals surface area contributed by atoms with Gasteiger partial charge in [0.1, 0.15) is 4.75 Å². The van der Waals surface area contributed by atoms with Crippen LogP contribution in [-0.2, 0) is 21.0 Å². The van der Waals surface area contributed by atoms with E-state index in [0.717, 1.165) is 36.5 Å². The SMILES string of the molecule is O=S(=O)(c1ccccc1)C1(CCC2=NCCN2)CCc2ccccc21. The van der Waals surface area contributed by atoms with Crippen LogP contribution in [0.3, 0.4) is 0 Å². The van der Waals surface area contributed by atoms with Gasteiger partial charge in [-0.1, -0.05) is 42.5 Å². The minimum absolute atomic E-state index is 0.410. The molecule has 0 amide bonds. The lowest BCUT2D eigenvalue weighted by Gasteiger charge is -2.30. The summed E-state index contributed by atoms with van der Waals surface area (Å²) in [5.41, 5.74) is 2.13. The van der Waals surface area contributed by atoms with Crippen molar-refractivity contribution in [3.63, 3.8) is 0 Å². The van der Waals surface area contributed by atoms with Crippen LogP contribution in [0.25, 0.3) is 0 Å². The minimum atomic E-state index is -3.49. The fourth-order valence-electron chi connectivity index (χ4n) is 4.09. The van der Waals surface area contributed by atoms with E-state index in [4.69, 9.17) is 0 Å². The highest BCUT2D eigenvalue weighted by molar-refractivity contribution is 7.92. The second-order valence-electron chi connectivity index (χ2n) is 6.72. The maximum Gasteiger partial charge on any atom is 0.188 e. The van der Waals surface area contributed by atoms with Crippen LogP contribution >= 0.6 is 0 Å². The number of amidine groups is 1. The average Bonchev–Trinajstić information content (AvgIpc) is 3.29. The van der Waals surface area contributed by atoms with E-state index < -0.39 is 14.6 Å². The monoisotopic (exact) mass is 354 g/mol. The van der Waals surface area contributed by atoms with Gasteiger partial charge in [0, 0.05) is 13.0 Å². The van der Waals surface area contributed by atoms with Gasteiger partial charge in [-0.3, -0.25) is 4.99 Å². The van der Waals surface area contributed by atoms with Gasteiger partial charge < -0.3 is 5.32 Å². The number of hydrogen-bond donors (Lipinski definition) is 1. The topological polar surface area (TPSA) is 58.5 Å². The van der Waals surface area contributed by atoms with Gasteiger partial charge in [0.25, 0.3) is 0 Å². The number of nitrogens with one attached hydrogen (secondary N) is 1. The Morgan fingerprint density at radius 1 is 1.04 bits per heavy atom. The molecule has 1 aliphatic heterocycles. The first-order valence-electron chi connectivity index (χ1n) is 8.79. The van der Waals surface area contributed by atoms with Crippen LogP contribution in [0.2, 0.25) is 0 Å². The van der Waals surface area contributed by atoms with Crippen molar-refractivity contribution in [1.82, 2.24) is 5.32 Å². The van der Waals surface area contributed by atoms with Crippen molar-refractivity contribution < 1.29 is 8.42 Å². The molecule has 130 valence electrons. The number of aryl methyl sites for hydroxylation is 1. The predicted octanol–water partition coefficient (Wildman–Crippen LogP) is 3.08. The molecule has 0 bridgehead atoms. The van der Waals surface area contributed by atoms with Gasteiger partial charge in [-0.25, -0.2) is 8.42 Å². The Hall–Kier alpha value is -2.14. The van der Waals surface area contributed by atoms with Crippen molar-refractivity contribution in [1.29, 1.82) is 0 Å². The van der Waals surface area contributed by atoms with Gasteiger partial charge in [-0.15, -0.1) is 0 Å². The minimum Gasteiger partial charge on any atom is -0.372 e. The van der Waals surface area contributed by atoms with E-state index in [-0.39, 0.29) is 0 Å². The van der Waals surface area contributed by atoms with E-state index in [1.807, 2.05) is 24.3 Å². The number of rotatable bonds is 5. The van der Waals surface area contributed by atoms with Crippen LogP contribution in [0.5, 0.6) is 0 Å². The van der Waals surface area contributed by atoms with E-state index in [1.54, 1.807) is 24.3 Å². The maximum absolute atomic E-state index is 13.7. The molecule has 1 aliphatic carbocycles. The number of sulfone groups is 1. The third kappa shape index (κ3) is 2.67. The average molecular weight is 354 g/mol. The maximum atomic E-state index is 13.7. The molecule has 2 aliphatic rings. The molecule has 0 fully saturated rings. The molecule has 0 saturated heterocycles. The third-order valence-electron chi connectivity index (χ3n) is 5.38. The lowest BCUT2D eigenvalue weighted by Crippen LogP contribution is -2.35. The summed E-state index contributed by atoms with van der Waals surface area (Å²) >= 11 is 0.